The topological polar surface area (TPSA) is 80.4 Å². The number of furan rings is 1. The Kier molecular flexibility index (Phi) is 7.88. The van der Waals surface area contributed by atoms with Crippen LogP contribution in [0.4, 0.5) is 10.7 Å². The minimum atomic E-state index is -0.122. The number of thiophene rings is 1. The van der Waals surface area contributed by atoms with E-state index >= 15 is 0 Å². The van der Waals surface area contributed by atoms with E-state index in [1.54, 1.807) is 23.7 Å². The second-order valence-corrected chi connectivity index (χ2v) is 13.3. The smallest absolute Gasteiger partial charge is 0.259 e. The minimum absolute atomic E-state index is 0.122. The lowest BCUT2D eigenvalue weighted by Gasteiger charge is -2.33. The lowest BCUT2D eigenvalue weighted by Crippen LogP contribution is -2.27. The highest BCUT2D eigenvalue weighted by Gasteiger charge is 2.33. The number of nitrogens with zero attached hydrogens (tertiary/aromatic N) is 3. The number of hydrogen-bond donors (Lipinski definition) is 1. The molecule has 6 nitrogen and oxygen atoms in total. The van der Waals surface area contributed by atoms with Crippen LogP contribution in [0.5, 0.6) is 0 Å². The summed E-state index contributed by atoms with van der Waals surface area (Å²) in [5, 5.41) is 5.04. The van der Waals surface area contributed by atoms with Gasteiger partial charge in [-0.2, -0.15) is 0 Å². The van der Waals surface area contributed by atoms with Gasteiger partial charge >= 0.3 is 0 Å². The van der Waals surface area contributed by atoms with Crippen molar-refractivity contribution < 1.29 is 9.21 Å². The molecule has 0 saturated carbocycles. The quantitative estimate of drug-likeness (QED) is 0.175. The Bertz CT molecular complexity index is 1490. The van der Waals surface area contributed by atoms with Crippen LogP contribution in [0.2, 0.25) is 0 Å². The van der Waals surface area contributed by atoms with E-state index in [4.69, 9.17) is 9.41 Å². The number of aryl methyl sites for hydroxylation is 1. The van der Waals surface area contributed by atoms with Gasteiger partial charge in [0, 0.05) is 28.5 Å². The lowest BCUT2D eigenvalue weighted by molar-refractivity contribution is 0.102. The van der Waals surface area contributed by atoms with Gasteiger partial charge in [0.25, 0.3) is 5.91 Å². The second-order valence-electron chi connectivity index (χ2n) is 10.4. The number of para-hydroxylation sites is 1. The highest BCUT2D eigenvalue weighted by Crippen LogP contribution is 2.45. The van der Waals surface area contributed by atoms with Gasteiger partial charge in [-0.25, -0.2) is 15.0 Å². The number of hydrogen-bond acceptors (Lipinski definition) is 7. The van der Waals surface area contributed by atoms with E-state index in [0.29, 0.717) is 32.5 Å². The molecule has 0 spiro atoms. The van der Waals surface area contributed by atoms with Gasteiger partial charge in [0.2, 0.25) is 0 Å². The zero-order valence-electron chi connectivity index (χ0n) is 21.7. The van der Waals surface area contributed by atoms with Crippen LogP contribution in [0.1, 0.15) is 59.4 Å². The molecule has 0 bridgehead atoms. The normalized spacial score (nSPS) is 15.6. The first-order chi connectivity index (χ1) is 18.2. The van der Waals surface area contributed by atoms with Crippen molar-refractivity contribution in [1.82, 2.24) is 9.97 Å². The molecule has 4 aromatic rings. The van der Waals surface area contributed by atoms with Gasteiger partial charge < -0.3 is 9.73 Å². The number of halogens is 1. The van der Waals surface area contributed by atoms with E-state index in [2.05, 4.69) is 52.0 Å². The van der Waals surface area contributed by atoms with E-state index in [-0.39, 0.29) is 11.3 Å². The molecule has 0 radical (unpaired) electrons. The number of aromatic nitrogens is 2. The SMILES string of the molecule is Cc1ccnc(Sc2oc(C=Nc3sc4c(c3C(=O)Nc3ccccc3)CC[C@@H](C(C)(C)C)C4)cc2Br)n1. The monoisotopic (exact) mass is 608 g/mol. The van der Waals surface area contributed by atoms with Crippen LogP contribution in [0, 0.1) is 18.3 Å². The maximum absolute atomic E-state index is 13.5. The molecule has 1 N–H and O–H groups in total. The Balaban J connectivity index is 1.44. The number of nitrogens with one attached hydrogen (secondary N) is 1. The van der Waals surface area contributed by atoms with Crippen molar-refractivity contribution >= 4 is 61.8 Å². The van der Waals surface area contributed by atoms with Crippen LogP contribution in [-0.4, -0.2) is 22.1 Å². The summed E-state index contributed by atoms with van der Waals surface area (Å²) < 4.78 is 6.83. The molecule has 1 aromatic carbocycles. The summed E-state index contributed by atoms with van der Waals surface area (Å²) in [5.74, 6) is 1.03. The zero-order valence-corrected chi connectivity index (χ0v) is 25.0. The average Bonchev–Trinajstić information content (AvgIpc) is 3.41. The molecule has 1 amide bonds. The number of carbonyl (C=O) groups is 1. The summed E-state index contributed by atoms with van der Waals surface area (Å²) in [7, 11) is 0. The lowest BCUT2D eigenvalue weighted by atomic mass is 9.72. The fraction of sp³-hybridized carbons (Fsp3) is 0.310. The van der Waals surface area contributed by atoms with Gasteiger partial charge in [-0.1, -0.05) is 39.0 Å². The van der Waals surface area contributed by atoms with Crippen LogP contribution in [0.25, 0.3) is 0 Å². The predicted molar refractivity (Wildman–Crippen MR) is 158 cm³/mol. The van der Waals surface area contributed by atoms with Gasteiger partial charge in [0.1, 0.15) is 10.8 Å². The van der Waals surface area contributed by atoms with Crippen LogP contribution >= 0.6 is 39.0 Å². The molecule has 1 aliphatic rings. The Hall–Kier alpha value is -2.75. The number of amides is 1. The highest BCUT2D eigenvalue weighted by atomic mass is 79.9. The van der Waals surface area contributed by atoms with E-state index < -0.39 is 0 Å². The summed E-state index contributed by atoms with van der Waals surface area (Å²) in [6, 6.07) is 13.3. The van der Waals surface area contributed by atoms with Crippen LogP contribution < -0.4 is 5.32 Å². The second kappa shape index (κ2) is 11.2. The van der Waals surface area contributed by atoms with Crippen molar-refractivity contribution in [2.75, 3.05) is 5.32 Å². The van der Waals surface area contributed by atoms with Gasteiger partial charge in [-0.05, 0) is 89.0 Å². The Morgan fingerprint density at radius 2 is 2.05 bits per heavy atom. The van der Waals surface area contributed by atoms with Crippen LogP contribution in [-0.2, 0) is 12.8 Å². The van der Waals surface area contributed by atoms with Gasteiger partial charge in [0.15, 0.2) is 10.2 Å². The molecule has 0 aliphatic heterocycles. The molecule has 0 fully saturated rings. The van der Waals surface area contributed by atoms with Crippen LogP contribution in [0.3, 0.4) is 0 Å². The number of fused-ring (bicyclic) bond motifs is 1. The fourth-order valence-electron chi connectivity index (χ4n) is 4.53. The van der Waals surface area contributed by atoms with Gasteiger partial charge in [0.05, 0.1) is 16.3 Å². The predicted octanol–water partition coefficient (Wildman–Crippen LogP) is 8.51. The third kappa shape index (κ3) is 6.11. The molecule has 3 heterocycles. The van der Waals surface area contributed by atoms with Crippen molar-refractivity contribution in [3.8, 4) is 0 Å². The van der Waals surface area contributed by atoms with Gasteiger partial charge in [-0.15, -0.1) is 11.3 Å². The maximum Gasteiger partial charge on any atom is 0.259 e. The number of rotatable bonds is 6. The number of benzene rings is 1. The molecule has 3 aromatic heterocycles. The van der Waals surface area contributed by atoms with Crippen molar-refractivity contribution in [3.63, 3.8) is 0 Å². The van der Waals surface area contributed by atoms with Crippen molar-refractivity contribution in [1.29, 1.82) is 0 Å². The third-order valence-corrected chi connectivity index (χ3v) is 9.55. The maximum atomic E-state index is 13.5. The first kappa shape index (κ1) is 26.8. The van der Waals surface area contributed by atoms with Crippen LogP contribution in [0.15, 0.2) is 72.8 Å². The molecule has 9 heteroatoms. The Labute approximate surface area is 239 Å². The fourth-order valence-corrected chi connectivity index (χ4v) is 7.11. The number of anilines is 1. The number of aliphatic imine (C=N–C) groups is 1. The van der Waals surface area contributed by atoms with E-state index in [1.807, 2.05) is 49.4 Å². The molecule has 5 rings (SSSR count). The van der Waals surface area contributed by atoms with Crippen molar-refractivity contribution in [2.24, 2.45) is 16.3 Å². The molecule has 0 saturated heterocycles. The summed E-state index contributed by atoms with van der Waals surface area (Å²) in [6.07, 6.45) is 6.33. The first-order valence-corrected chi connectivity index (χ1v) is 14.9. The van der Waals surface area contributed by atoms with Crippen molar-refractivity contribution in [2.45, 2.75) is 57.2 Å². The third-order valence-electron chi connectivity index (χ3n) is 6.67. The molecule has 0 unspecified atom stereocenters. The first-order valence-electron chi connectivity index (χ1n) is 12.5. The molecular formula is C29H29BrN4O2S2. The van der Waals surface area contributed by atoms with Crippen molar-refractivity contribution in [3.05, 3.63) is 80.6 Å². The Morgan fingerprint density at radius 1 is 1.26 bits per heavy atom. The molecule has 38 heavy (non-hydrogen) atoms. The molecule has 1 atom stereocenters. The largest absolute Gasteiger partial charge is 0.447 e. The summed E-state index contributed by atoms with van der Waals surface area (Å²) in [6.45, 7) is 8.82. The summed E-state index contributed by atoms with van der Waals surface area (Å²) in [4.78, 5) is 28.3. The highest BCUT2D eigenvalue weighted by molar-refractivity contribution is 9.10. The van der Waals surface area contributed by atoms with E-state index in [9.17, 15) is 4.79 Å². The summed E-state index contributed by atoms with van der Waals surface area (Å²) >= 11 is 6.54. The average molecular weight is 610 g/mol. The van der Waals surface area contributed by atoms with Gasteiger partial charge in [-0.3, -0.25) is 4.79 Å². The molecular weight excluding hydrogens is 580 g/mol. The minimum Gasteiger partial charge on any atom is -0.447 e. The molecule has 196 valence electrons. The zero-order chi connectivity index (χ0) is 26.9. The summed E-state index contributed by atoms with van der Waals surface area (Å²) in [5.41, 5.74) is 3.68. The van der Waals surface area contributed by atoms with E-state index in [1.165, 1.54) is 16.6 Å². The standard InChI is InChI=1S/C29H29BrN4O2S2/c1-17-12-13-31-28(33-17)38-27-22(30)15-20(36-27)16-32-26-24(25(35)34-19-8-6-5-7-9-19)21-11-10-18(29(2,3)4)14-23(21)37-26/h5-9,12-13,15-16,18H,10-11,14H2,1-4H3,(H,34,35)/t18-/m1/s1. The van der Waals surface area contributed by atoms with E-state index in [0.717, 1.165) is 40.7 Å². The Morgan fingerprint density at radius 3 is 2.79 bits per heavy atom. The number of carbonyl (C=O) groups excluding carboxylic acids is 1. The molecule has 1 aliphatic carbocycles.